The number of hydrogen-bond acceptors (Lipinski definition) is 4. The average Bonchev–Trinajstić information content (AvgIpc) is 2.61. The van der Waals surface area contributed by atoms with Gasteiger partial charge in [-0.3, -0.25) is 0 Å². The third kappa shape index (κ3) is 3.19. The van der Waals surface area contributed by atoms with Crippen LogP contribution >= 0.6 is 0 Å². The number of alkyl halides is 2. The van der Waals surface area contributed by atoms with Crippen LogP contribution in [0.3, 0.4) is 0 Å². The van der Waals surface area contributed by atoms with Crippen molar-refractivity contribution in [3.05, 3.63) is 11.4 Å². The van der Waals surface area contributed by atoms with Crippen LogP contribution in [0.25, 0.3) is 0 Å². The molecule has 6 nitrogen and oxygen atoms in total. The lowest BCUT2D eigenvalue weighted by atomic mass is 10.2. The van der Waals surface area contributed by atoms with E-state index in [1.165, 1.54) is 7.11 Å². The summed E-state index contributed by atoms with van der Waals surface area (Å²) in [5, 5.41) is 15.4. The number of methoxy groups -OCH3 is 1. The molecule has 0 fully saturated rings. The SMILES string of the molecule is COCC(C)Cn1nnc(C(=O)O)c1C(F)F. The van der Waals surface area contributed by atoms with Gasteiger partial charge in [-0.25, -0.2) is 18.3 Å². The lowest BCUT2D eigenvalue weighted by molar-refractivity contribution is 0.0674. The van der Waals surface area contributed by atoms with E-state index >= 15 is 0 Å². The largest absolute Gasteiger partial charge is 0.476 e. The van der Waals surface area contributed by atoms with Crippen LogP contribution in [0.2, 0.25) is 0 Å². The molecule has 1 atom stereocenters. The Labute approximate surface area is 96.2 Å². The summed E-state index contributed by atoms with van der Waals surface area (Å²) in [7, 11) is 1.49. The molecule has 0 bridgehead atoms. The van der Waals surface area contributed by atoms with E-state index < -0.39 is 23.8 Å². The van der Waals surface area contributed by atoms with Gasteiger partial charge in [0.05, 0.1) is 6.61 Å². The molecule has 0 amide bonds. The molecule has 1 heterocycles. The van der Waals surface area contributed by atoms with Crippen LogP contribution in [0.1, 0.15) is 29.5 Å². The van der Waals surface area contributed by atoms with E-state index in [4.69, 9.17) is 9.84 Å². The van der Waals surface area contributed by atoms with Gasteiger partial charge in [0.2, 0.25) is 0 Å². The van der Waals surface area contributed by atoms with Crippen LogP contribution < -0.4 is 0 Å². The van der Waals surface area contributed by atoms with Crippen molar-refractivity contribution in [3.8, 4) is 0 Å². The Bertz CT molecular complexity index is 395. The van der Waals surface area contributed by atoms with Gasteiger partial charge in [-0.15, -0.1) is 5.10 Å². The maximum absolute atomic E-state index is 12.7. The molecular formula is C9H13F2N3O3. The number of carboxylic acids is 1. The molecule has 1 aromatic heterocycles. The highest BCUT2D eigenvalue weighted by molar-refractivity contribution is 5.86. The highest BCUT2D eigenvalue weighted by atomic mass is 19.3. The van der Waals surface area contributed by atoms with Crippen molar-refractivity contribution in [2.45, 2.75) is 19.9 Å². The highest BCUT2D eigenvalue weighted by Crippen LogP contribution is 2.22. The van der Waals surface area contributed by atoms with Crippen molar-refractivity contribution in [3.63, 3.8) is 0 Å². The first-order valence-electron chi connectivity index (χ1n) is 4.91. The van der Waals surface area contributed by atoms with Gasteiger partial charge in [0.1, 0.15) is 5.69 Å². The van der Waals surface area contributed by atoms with E-state index in [-0.39, 0.29) is 12.5 Å². The molecule has 0 saturated heterocycles. The fraction of sp³-hybridized carbons (Fsp3) is 0.667. The van der Waals surface area contributed by atoms with Crippen LogP contribution in [0.15, 0.2) is 0 Å². The molecule has 0 saturated carbocycles. The molecule has 1 rings (SSSR count). The number of halogens is 2. The molecular weight excluding hydrogens is 236 g/mol. The Balaban J connectivity index is 2.96. The Morgan fingerprint density at radius 2 is 2.24 bits per heavy atom. The maximum atomic E-state index is 12.7. The van der Waals surface area contributed by atoms with Crippen molar-refractivity contribution >= 4 is 5.97 Å². The molecule has 1 unspecified atom stereocenters. The molecule has 8 heteroatoms. The third-order valence-electron chi connectivity index (χ3n) is 2.12. The second-order valence-electron chi connectivity index (χ2n) is 3.67. The summed E-state index contributed by atoms with van der Waals surface area (Å²) < 4.78 is 31.2. The summed E-state index contributed by atoms with van der Waals surface area (Å²) in [6.07, 6.45) is -2.93. The van der Waals surface area contributed by atoms with Crippen LogP contribution in [0.5, 0.6) is 0 Å². The molecule has 0 aliphatic carbocycles. The van der Waals surface area contributed by atoms with Crippen molar-refractivity contribution in [1.82, 2.24) is 15.0 Å². The van der Waals surface area contributed by atoms with E-state index in [9.17, 15) is 13.6 Å². The molecule has 96 valence electrons. The van der Waals surface area contributed by atoms with Crippen LogP contribution in [0, 0.1) is 5.92 Å². The molecule has 1 aromatic rings. The monoisotopic (exact) mass is 249 g/mol. The van der Waals surface area contributed by atoms with Gasteiger partial charge >= 0.3 is 5.97 Å². The van der Waals surface area contributed by atoms with E-state index in [0.717, 1.165) is 4.68 Å². The number of nitrogens with zero attached hydrogens (tertiary/aromatic N) is 3. The summed E-state index contributed by atoms with van der Waals surface area (Å²) in [6, 6.07) is 0. The van der Waals surface area contributed by atoms with E-state index in [1.807, 2.05) is 0 Å². The Morgan fingerprint density at radius 3 is 2.71 bits per heavy atom. The number of carboxylic acid groups (broad SMARTS) is 1. The normalized spacial score (nSPS) is 13.0. The van der Waals surface area contributed by atoms with Crippen LogP contribution in [-0.4, -0.2) is 39.8 Å². The number of ether oxygens (including phenoxy) is 1. The van der Waals surface area contributed by atoms with Crippen molar-refractivity contribution in [2.24, 2.45) is 5.92 Å². The third-order valence-corrected chi connectivity index (χ3v) is 2.12. The molecule has 0 aliphatic rings. The second kappa shape index (κ2) is 5.67. The summed E-state index contributed by atoms with van der Waals surface area (Å²) in [4.78, 5) is 10.7. The predicted octanol–water partition coefficient (Wildman–Crippen LogP) is 1.20. The van der Waals surface area contributed by atoms with Gasteiger partial charge in [-0.05, 0) is 5.92 Å². The zero-order valence-corrected chi connectivity index (χ0v) is 9.43. The lowest BCUT2D eigenvalue weighted by Gasteiger charge is -2.11. The van der Waals surface area contributed by atoms with Crippen molar-refractivity contribution in [2.75, 3.05) is 13.7 Å². The van der Waals surface area contributed by atoms with Gasteiger partial charge in [0, 0.05) is 13.7 Å². The first-order chi connectivity index (χ1) is 7.97. The van der Waals surface area contributed by atoms with Gasteiger partial charge in [0.25, 0.3) is 6.43 Å². The average molecular weight is 249 g/mol. The standard InChI is InChI=1S/C9H13F2N3O3/c1-5(4-17-2)3-14-7(8(10)11)6(9(15)16)12-13-14/h5,8H,3-4H2,1-2H3,(H,15,16). The molecule has 0 aliphatic heterocycles. The number of aromatic carboxylic acids is 1. The fourth-order valence-corrected chi connectivity index (χ4v) is 1.46. The predicted molar refractivity (Wildman–Crippen MR) is 53.0 cm³/mol. The molecule has 0 radical (unpaired) electrons. The van der Waals surface area contributed by atoms with Gasteiger partial charge < -0.3 is 9.84 Å². The first kappa shape index (κ1) is 13.5. The van der Waals surface area contributed by atoms with Gasteiger partial charge in [-0.2, -0.15) is 0 Å². The van der Waals surface area contributed by atoms with Crippen LogP contribution in [-0.2, 0) is 11.3 Å². The zero-order chi connectivity index (χ0) is 13.0. The molecule has 0 spiro atoms. The first-order valence-corrected chi connectivity index (χ1v) is 4.91. The lowest BCUT2D eigenvalue weighted by Crippen LogP contribution is -2.17. The summed E-state index contributed by atoms with van der Waals surface area (Å²) in [5.74, 6) is -1.58. The quantitative estimate of drug-likeness (QED) is 0.819. The Hall–Kier alpha value is -1.57. The number of aromatic nitrogens is 3. The fourth-order valence-electron chi connectivity index (χ4n) is 1.46. The highest BCUT2D eigenvalue weighted by Gasteiger charge is 2.26. The minimum Gasteiger partial charge on any atom is -0.476 e. The second-order valence-corrected chi connectivity index (χ2v) is 3.67. The minimum absolute atomic E-state index is 0.0687. The molecule has 0 aromatic carbocycles. The zero-order valence-electron chi connectivity index (χ0n) is 9.43. The Morgan fingerprint density at radius 1 is 1.59 bits per heavy atom. The van der Waals surface area contributed by atoms with E-state index in [1.54, 1.807) is 6.92 Å². The van der Waals surface area contributed by atoms with Crippen molar-refractivity contribution < 1.29 is 23.4 Å². The van der Waals surface area contributed by atoms with E-state index in [0.29, 0.717) is 6.61 Å². The van der Waals surface area contributed by atoms with E-state index in [2.05, 4.69) is 10.3 Å². The maximum Gasteiger partial charge on any atom is 0.358 e. The molecule has 1 N–H and O–H groups in total. The number of hydrogen-bond donors (Lipinski definition) is 1. The van der Waals surface area contributed by atoms with Crippen molar-refractivity contribution in [1.29, 1.82) is 0 Å². The Kier molecular flexibility index (Phi) is 4.50. The minimum atomic E-state index is -2.93. The van der Waals surface area contributed by atoms with Gasteiger partial charge in [-0.1, -0.05) is 12.1 Å². The van der Waals surface area contributed by atoms with Crippen LogP contribution in [0.4, 0.5) is 8.78 Å². The number of carbonyl (C=O) groups is 1. The summed E-state index contributed by atoms with van der Waals surface area (Å²) in [5.41, 5.74) is -1.37. The molecule has 17 heavy (non-hydrogen) atoms. The number of rotatable bonds is 6. The van der Waals surface area contributed by atoms with Gasteiger partial charge in [0.15, 0.2) is 5.69 Å². The summed E-state index contributed by atoms with van der Waals surface area (Å²) >= 11 is 0. The summed E-state index contributed by atoms with van der Waals surface area (Å²) in [6.45, 7) is 2.28. The smallest absolute Gasteiger partial charge is 0.358 e. The topological polar surface area (TPSA) is 77.2 Å².